The number of carbonyl (C=O) groups is 3. The van der Waals surface area contributed by atoms with Gasteiger partial charge in [0.1, 0.15) is 12.2 Å². The lowest BCUT2D eigenvalue weighted by atomic mass is 9.96. The summed E-state index contributed by atoms with van der Waals surface area (Å²) >= 11 is 0. The lowest BCUT2D eigenvalue weighted by Gasteiger charge is -2.54. The smallest absolute Gasteiger partial charge is 0.334 e. The predicted molar refractivity (Wildman–Crippen MR) is 147 cm³/mol. The van der Waals surface area contributed by atoms with Crippen LogP contribution in [-0.2, 0) is 22.6 Å². The number of likely N-dealkylation sites (N-methyl/N-ethyl adjacent to an activating group) is 1. The van der Waals surface area contributed by atoms with Crippen LogP contribution >= 0.6 is 0 Å². The van der Waals surface area contributed by atoms with Crippen LogP contribution in [0.2, 0.25) is 0 Å². The van der Waals surface area contributed by atoms with Crippen LogP contribution in [0.3, 0.4) is 0 Å². The van der Waals surface area contributed by atoms with Gasteiger partial charge in [-0.2, -0.15) is 0 Å². The molecule has 0 aliphatic carbocycles. The van der Waals surface area contributed by atoms with Gasteiger partial charge in [0.25, 0.3) is 0 Å². The van der Waals surface area contributed by atoms with E-state index in [9.17, 15) is 14.4 Å². The summed E-state index contributed by atoms with van der Waals surface area (Å²) in [6.45, 7) is 5.15. The molecule has 39 heavy (non-hydrogen) atoms. The molecule has 0 spiro atoms. The Morgan fingerprint density at radius 2 is 1.74 bits per heavy atom. The number of rotatable bonds is 9. The van der Waals surface area contributed by atoms with Gasteiger partial charge in [-0.1, -0.05) is 50.2 Å². The van der Waals surface area contributed by atoms with E-state index in [-0.39, 0.29) is 36.9 Å². The first-order chi connectivity index (χ1) is 18.7. The lowest BCUT2D eigenvalue weighted by molar-refractivity contribution is -0.187. The fourth-order valence-electron chi connectivity index (χ4n) is 5.34. The molecular weight excluding hydrogens is 498 g/mol. The summed E-state index contributed by atoms with van der Waals surface area (Å²) < 4.78 is 10.8. The first-order valence-corrected chi connectivity index (χ1v) is 13.4. The standard InChI is InChI=1S/C29H39N5O5/c1-20(2)15-23-28(36)32(14-13-21-11-12-24(38-4)25(16-21)39-5)18-26-33(23)27(35)19-31(3)34(26)29(37)30-17-22-9-7-6-8-10-22/h6-12,16,20,23,26H,13-15,17-19H2,1-5H3,(H,30,37)/t23-,26-/m0/s1. The molecule has 0 bridgehead atoms. The maximum atomic E-state index is 13.7. The fourth-order valence-corrected chi connectivity index (χ4v) is 5.34. The molecule has 1 N–H and O–H groups in total. The van der Waals surface area contributed by atoms with Crippen molar-refractivity contribution in [1.82, 2.24) is 25.1 Å². The molecule has 10 heteroatoms. The number of carbonyl (C=O) groups excluding carboxylic acids is 3. The summed E-state index contributed by atoms with van der Waals surface area (Å²) in [5.41, 5.74) is 1.98. The zero-order chi connectivity index (χ0) is 28.1. The van der Waals surface area contributed by atoms with Gasteiger partial charge in [0.15, 0.2) is 11.5 Å². The van der Waals surface area contributed by atoms with E-state index < -0.39 is 12.2 Å². The van der Waals surface area contributed by atoms with Crippen LogP contribution in [0.5, 0.6) is 11.5 Å². The van der Waals surface area contributed by atoms with Gasteiger partial charge in [0, 0.05) is 20.1 Å². The van der Waals surface area contributed by atoms with Crippen molar-refractivity contribution in [1.29, 1.82) is 0 Å². The quantitative estimate of drug-likeness (QED) is 0.529. The molecule has 0 unspecified atom stereocenters. The molecule has 10 nitrogen and oxygen atoms in total. The largest absolute Gasteiger partial charge is 0.493 e. The number of nitrogens with zero attached hydrogens (tertiary/aromatic N) is 4. The van der Waals surface area contributed by atoms with Crippen LogP contribution in [0.4, 0.5) is 4.79 Å². The van der Waals surface area contributed by atoms with E-state index in [1.807, 2.05) is 62.4 Å². The van der Waals surface area contributed by atoms with Gasteiger partial charge >= 0.3 is 6.03 Å². The number of hydrogen-bond acceptors (Lipinski definition) is 6. The van der Waals surface area contributed by atoms with Crippen molar-refractivity contribution < 1.29 is 23.9 Å². The second kappa shape index (κ2) is 12.4. The van der Waals surface area contributed by atoms with Crippen molar-refractivity contribution in [2.24, 2.45) is 5.92 Å². The van der Waals surface area contributed by atoms with Crippen LogP contribution in [-0.4, -0.2) is 90.8 Å². The molecule has 0 aromatic heterocycles. The molecule has 2 aliphatic heterocycles. The van der Waals surface area contributed by atoms with Crippen LogP contribution in [0.1, 0.15) is 31.4 Å². The van der Waals surface area contributed by atoms with E-state index in [0.29, 0.717) is 37.4 Å². The van der Waals surface area contributed by atoms with Crippen LogP contribution in [0.25, 0.3) is 0 Å². The topological polar surface area (TPSA) is 94.7 Å². The molecule has 2 atom stereocenters. The third-order valence-corrected chi connectivity index (χ3v) is 7.25. The first kappa shape index (κ1) is 28.2. The number of ether oxygens (including phenoxy) is 2. The van der Waals surface area contributed by atoms with Gasteiger partial charge in [-0.15, -0.1) is 0 Å². The molecule has 2 saturated heterocycles. The van der Waals surface area contributed by atoms with Crippen molar-refractivity contribution >= 4 is 17.8 Å². The minimum absolute atomic E-state index is 0.0305. The highest BCUT2D eigenvalue weighted by Crippen LogP contribution is 2.30. The van der Waals surface area contributed by atoms with Gasteiger partial charge in [-0.05, 0) is 42.0 Å². The van der Waals surface area contributed by atoms with Crippen LogP contribution in [0, 0.1) is 5.92 Å². The predicted octanol–water partition coefficient (Wildman–Crippen LogP) is 2.73. The Bertz CT molecular complexity index is 1170. The Hall–Kier alpha value is -3.79. The summed E-state index contributed by atoms with van der Waals surface area (Å²) in [5, 5.41) is 6.23. The van der Waals surface area contributed by atoms with Gasteiger partial charge in [0.2, 0.25) is 11.8 Å². The fraction of sp³-hybridized carbons (Fsp3) is 0.483. The molecule has 4 amide bonds. The first-order valence-electron chi connectivity index (χ1n) is 13.4. The van der Waals surface area contributed by atoms with Gasteiger partial charge < -0.3 is 24.6 Å². The van der Waals surface area contributed by atoms with Crippen molar-refractivity contribution in [2.75, 3.05) is 40.9 Å². The molecule has 2 fully saturated rings. The van der Waals surface area contributed by atoms with E-state index in [4.69, 9.17) is 9.47 Å². The highest BCUT2D eigenvalue weighted by atomic mass is 16.5. The Morgan fingerprint density at radius 3 is 2.41 bits per heavy atom. The van der Waals surface area contributed by atoms with Crippen LogP contribution in [0.15, 0.2) is 48.5 Å². The number of hydrogen-bond donors (Lipinski definition) is 1. The number of methoxy groups -OCH3 is 2. The number of fused-ring (bicyclic) bond motifs is 1. The zero-order valence-corrected chi connectivity index (χ0v) is 23.4. The van der Waals surface area contributed by atoms with E-state index in [1.54, 1.807) is 41.1 Å². The third-order valence-electron chi connectivity index (χ3n) is 7.25. The Kier molecular flexibility index (Phi) is 8.96. The third kappa shape index (κ3) is 6.27. The number of benzene rings is 2. The minimum Gasteiger partial charge on any atom is -0.493 e. The Labute approximate surface area is 230 Å². The Balaban J connectivity index is 1.56. The summed E-state index contributed by atoms with van der Waals surface area (Å²) in [7, 11) is 4.92. The normalized spacial score (nSPS) is 19.8. The van der Waals surface area contributed by atoms with Gasteiger partial charge in [-0.25, -0.2) is 14.8 Å². The average molecular weight is 538 g/mol. The molecule has 4 rings (SSSR count). The highest BCUT2D eigenvalue weighted by Gasteiger charge is 2.50. The number of urea groups is 1. The average Bonchev–Trinajstić information content (AvgIpc) is 2.92. The maximum absolute atomic E-state index is 13.7. The number of nitrogens with one attached hydrogen (secondary N) is 1. The second-order valence-electron chi connectivity index (χ2n) is 10.5. The molecule has 0 radical (unpaired) electrons. The second-order valence-corrected chi connectivity index (χ2v) is 10.5. The lowest BCUT2D eigenvalue weighted by Crippen LogP contribution is -2.76. The molecule has 2 aliphatic rings. The maximum Gasteiger partial charge on any atom is 0.334 e. The molecule has 0 saturated carbocycles. The van der Waals surface area contributed by atoms with E-state index in [0.717, 1.165) is 11.1 Å². The van der Waals surface area contributed by atoms with E-state index >= 15 is 0 Å². The summed E-state index contributed by atoms with van der Waals surface area (Å²) in [6, 6.07) is 14.5. The molecule has 210 valence electrons. The zero-order valence-electron chi connectivity index (χ0n) is 23.4. The molecule has 2 heterocycles. The molecule has 2 aromatic rings. The molecule has 2 aromatic carbocycles. The van der Waals surface area contributed by atoms with Crippen molar-refractivity contribution in [3.63, 3.8) is 0 Å². The molecular formula is C29H39N5O5. The summed E-state index contributed by atoms with van der Waals surface area (Å²) in [6.07, 6.45) is 0.521. The number of hydrazine groups is 1. The number of amides is 4. The SMILES string of the molecule is COc1ccc(CCN2C[C@H]3N(C(=O)CN(C)N3C(=O)NCc3ccccc3)[C@@H](CC(C)C)C2=O)cc1OC. The monoisotopic (exact) mass is 537 g/mol. The van der Waals surface area contributed by atoms with E-state index in [2.05, 4.69) is 5.32 Å². The highest BCUT2D eigenvalue weighted by molar-refractivity contribution is 5.91. The van der Waals surface area contributed by atoms with Crippen molar-refractivity contribution in [2.45, 2.75) is 45.4 Å². The van der Waals surface area contributed by atoms with Crippen LogP contribution < -0.4 is 14.8 Å². The summed E-state index contributed by atoms with van der Waals surface area (Å²) in [4.78, 5) is 43.9. The Morgan fingerprint density at radius 1 is 1.03 bits per heavy atom. The summed E-state index contributed by atoms with van der Waals surface area (Å²) in [5.74, 6) is 1.24. The number of piperazine rings is 1. The van der Waals surface area contributed by atoms with E-state index in [1.165, 1.54) is 0 Å². The van der Waals surface area contributed by atoms with Gasteiger partial charge in [-0.3, -0.25) is 9.59 Å². The van der Waals surface area contributed by atoms with Gasteiger partial charge in [0.05, 0.1) is 27.3 Å². The minimum atomic E-state index is -0.625. The van der Waals surface area contributed by atoms with Crippen molar-refractivity contribution in [3.05, 3.63) is 59.7 Å². The van der Waals surface area contributed by atoms with Crippen molar-refractivity contribution in [3.8, 4) is 11.5 Å².